The molecule has 0 aliphatic rings. The van der Waals surface area contributed by atoms with Crippen molar-refractivity contribution in [3.8, 4) is 0 Å². The molecule has 0 spiro atoms. The normalized spacial score (nSPS) is 9.82. The van der Waals surface area contributed by atoms with Gasteiger partial charge in [0.25, 0.3) is 0 Å². The highest BCUT2D eigenvalue weighted by molar-refractivity contribution is 8.26. The molecule has 0 N–H and O–H groups in total. The highest BCUT2D eigenvalue weighted by atomic mass is 32.3. The third-order valence-electron chi connectivity index (χ3n) is 1.19. The van der Waals surface area contributed by atoms with E-state index in [1.54, 1.807) is 0 Å². The fraction of sp³-hybridized carbons (Fsp3) is 1.00. The van der Waals surface area contributed by atoms with Gasteiger partial charge in [-0.2, -0.15) is 0 Å². The minimum atomic E-state index is -0.319. The standard InChI is InChI=1S/C3H8S2.4CH3.2Al/c4-2-1-3-5;;;;;;/h4-5H,1-3H2;4*1H3;;/q;;;;;2*+1/p-2. The zero-order chi connectivity index (χ0) is 8.69. The number of rotatable bonds is 6. The summed E-state index contributed by atoms with van der Waals surface area (Å²) in [5, 5.41) is 0. The molecule has 64 valence electrons. The second-order valence-electron chi connectivity index (χ2n) is 3.19. The summed E-state index contributed by atoms with van der Waals surface area (Å²) >= 11 is -0.638. The molecule has 0 radical (unpaired) electrons. The predicted molar refractivity (Wildman–Crippen MR) is 64.5 cm³/mol. The Kier molecular flexibility index (Phi) is 9.71. The molecule has 0 nitrogen and oxygen atoms in total. The summed E-state index contributed by atoms with van der Waals surface area (Å²) in [5.74, 6) is 12.5. The molecule has 0 heterocycles. The van der Waals surface area contributed by atoms with Gasteiger partial charge in [0.2, 0.25) is 0 Å². The summed E-state index contributed by atoms with van der Waals surface area (Å²) in [6, 6.07) is 0. The van der Waals surface area contributed by atoms with Gasteiger partial charge >= 0.3 is 26.0 Å². The maximum absolute atomic E-state index is 2.41. The highest BCUT2D eigenvalue weighted by Gasteiger charge is 2.03. The predicted octanol–water partition coefficient (Wildman–Crippen LogP) is 3.35. The van der Waals surface area contributed by atoms with Crippen molar-refractivity contribution < 1.29 is 0 Å². The van der Waals surface area contributed by atoms with Gasteiger partial charge in [0, 0.05) is 0 Å². The van der Waals surface area contributed by atoms with Gasteiger partial charge in [-0.1, -0.05) is 23.1 Å². The van der Waals surface area contributed by atoms with Crippen LogP contribution in [-0.2, 0) is 0 Å². The van der Waals surface area contributed by atoms with E-state index in [1.165, 1.54) is 17.9 Å². The monoisotopic (exact) mass is 220 g/mol. The van der Waals surface area contributed by atoms with Crippen LogP contribution < -0.4 is 0 Å². The van der Waals surface area contributed by atoms with Gasteiger partial charge in [0.15, 0.2) is 0 Å². The van der Waals surface area contributed by atoms with E-state index in [9.17, 15) is 0 Å². The van der Waals surface area contributed by atoms with Crippen LogP contribution in [0.15, 0.2) is 0 Å². The van der Waals surface area contributed by atoms with E-state index in [2.05, 4.69) is 43.4 Å². The molecule has 0 saturated carbocycles. The molecule has 11 heavy (non-hydrogen) atoms. The average Bonchev–Trinajstić information content (AvgIpc) is 1.85. The van der Waals surface area contributed by atoms with Gasteiger partial charge < -0.3 is 0 Å². The minimum absolute atomic E-state index is 0.319. The van der Waals surface area contributed by atoms with E-state index in [-0.39, 0.29) is 26.0 Å². The Morgan fingerprint density at radius 2 is 1.18 bits per heavy atom. The van der Waals surface area contributed by atoms with Gasteiger partial charge in [-0.15, -0.1) is 0 Å². The Hall–Kier alpha value is 1.76. The van der Waals surface area contributed by atoms with E-state index in [1.807, 2.05) is 0 Å². The summed E-state index contributed by atoms with van der Waals surface area (Å²) < 4.78 is 0. The van der Waals surface area contributed by atoms with E-state index >= 15 is 0 Å². The maximum atomic E-state index is 2.41. The lowest BCUT2D eigenvalue weighted by atomic mass is 10.6. The first-order valence-electron chi connectivity index (χ1n) is 4.36. The zero-order valence-corrected chi connectivity index (χ0v) is 12.0. The third kappa shape index (κ3) is 11.8. The lowest BCUT2D eigenvalue weighted by Gasteiger charge is -2.02. The van der Waals surface area contributed by atoms with Crippen molar-refractivity contribution in [3.63, 3.8) is 0 Å². The minimum Gasteiger partial charge on any atom is -0.256 e. The molecule has 0 bridgehead atoms. The summed E-state index contributed by atoms with van der Waals surface area (Å²) in [4.78, 5) is 0. The molecule has 0 aromatic heterocycles. The van der Waals surface area contributed by atoms with Crippen LogP contribution in [0.2, 0.25) is 23.1 Å². The summed E-state index contributed by atoms with van der Waals surface area (Å²) in [6.07, 6.45) is 1.44. The van der Waals surface area contributed by atoms with Crippen LogP contribution in [0.3, 0.4) is 0 Å². The average molecular weight is 220 g/mol. The molecule has 0 rings (SSSR count). The van der Waals surface area contributed by atoms with Gasteiger partial charge in [0.1, 0.15) is 0 Å². The maximum Gasteiger partial charge on any atom is 0.342 e. The number of hydrogen-bond donors (Lipinski definition) is 0. The van der Waals surface area contributed by atoms with Crippen molar-refractivity contribution in [2.75, 3.05) is 11.5 Å². The Bertz CT molecular complexity index is 76.5. The molecule has 0 amide bonds. The first kappa shape index (κ1) is 12.8. The lowest BCUT2D eigenvalue weighted by Crippen LogP contribution is -1.98. The fourth-order valence-electron chi connectivity index (χ4n) is 0.697. The van der Waals surface area contributed by atoms with Crippen LogP contribution in [0.5, 0.6) is 0 Å². The van der Waals surface area contributed by atoms with Crippen molar-refractivity contribution in [2.24, 2.45) is 0 Å². The molecular weight excluding hydrogens is 202 g/mol. The van der Waals surface area contributed by atoms with E-state index in [0.29, 0.717) is 0 Å². The Morgan fingerprint density at radius 1 is 0.818 bits per heavy atom. The zero-order valence-electron chi connectivity index (χ0n) is 8.09. The fourth-order valence-corrected chi connectivity index (χ4v) is 6.27. The van der Waals surface area contributed by atoms with Crippen molar-refractivity contribution >= 4 is 46.3 Å². The van der Waals surface area contributed by atoms with Crippen LogP contribution in [0.1, 0.15) is 6.42 Å². The smallest absolute Gasteiger partial charge is 0.256 e. The molecule has 4 heteroatoms. The largest absolute Gasteiger partial charge is 0.342 e. The summed E-state index contributed by atoms with van der Waals surface area (Å²) in [6.45, 7) is 0. The highest BCUT2D eigenvalue weighted by Crippen LogP contribution is 2.12. The lowest BCUT2D eigenvalue weighted by molar-refractivity contribution is 1.13. The topological polar surface area (TPSA) is 0 Å². The SMILES string of the molecule is [CH3][Al]([CH3])[S]CCC[S][Al]([CH3])[CH3]. The Labute approximate surface area is 86.8 Å². The first-order valence-corrected chi connectivity index (χ1v) is 13.9. The van der Waals surface area contributed by atoms with Crippen LogP contribution in [0.25, 0.3) is 0 Å². The molecule has 0 aromatic carbocycles. The molecule has 0 unspecified atom stereocenters. The molecule has 0 fully saturated rings. The molecule has 0 aliphatic carbocycles. The van der Waals surface area contributed by atoms with Crippen LogP contribution >= 0.6 is 20.3 Å². The van der Waals surface area contributed by atoms with Crippen LogP contribution in [0, 0.1) is 0 Å². The first-order chi connectivity index (χ1) is 5.13. The second kappa shape index (κ2) is 8.37. The van der Waals surface area contributed by atoms with Crippen LogP contribution in [-0.4, -0.2) is 37.5 Å². The van der Waals surface area contributed by atoms with E-state index in [0.717, 1.165) is 0 Å². The van der Waals surface area contributed by atoms with E-state index in [4.69, 9.17) is 0 Å². The van der Waals surface area contributed by atoms with Crippen molar-refractivity contribution in [1.29, 1.82) is 0 Å². The molecule has 0 aliphatic heterocycles. The van der Waals surface area contributed by atoms with Gasteiger partial charge in [-0.05, 0) is 17.9 Å². The summed E-state index contributed by atoms with van der Waals surface area (Å²) in [5.41, 5.74) is 0. The summed E-state index contributed by atoms with van der Waals surface area (Å²) in [7, 11) is 4.45. The second-order valence-corrected chi connectivity index (χ2v) is 16.5. The van der Waals surface area contributed by atoms with Gasteiger partial charge in [-0.3, -0.25) is 20.3 Å². The number of hydrogen-bond acceptors (Lipinski definition) is 2. The van der Waals surface area contributed by atoms with Crippen molar-refractivity contribution in [1.82, 2.24) is 0 Å². The van der Waals surface area contributed by atoms with Crippen molar-refractivity contribution in [2.45, 2.75) is 29.6 Å². The molecule has 0 atom stereocenters. The Balaban J connectivity index is 2.91. The molecule has 0 aromatic rings. The van der Waals surface area contributed by atoms with Crippen LogP contribution in [0.4, 0.5) is 0 Å². The van der Waals surface area contributed by atoms with Crippen molar-refractivity contribution in [3.05, 3.63) is 0 Å². The van der Waals surface area contributed by atoms with E-state index < -0.39 is 0 Å². The third-order valence-corrected chi connectivity index (χ3v) is 8.99. The molecule has 0 saturated heterocycles. The van der Waals surface area contributed by atoms with Gasteiger partial charge in [-0.25, -0.2) is 0 Å². The van der Waals surface area contributed by atoms with Gasteiger partial charge in [0.05, 0.1) is 0 Å². The Morgan fingerprint density at radius 3 is 1.45 bits per heavy atom. The molecular formula is C7H18Al2S2. The quantitative estimate of drug-likeness (QED) is 0.497.